The van der Waals surface area contributed by atoms with Gasteiger partial charge in [0.2, 0.25) is 0 Å². The first-order chi connectivity index (χ1) is 16.3. The number of nitrogens with zero attached hydrogens (tertiary/aromatic N) is 1. The third-order valence-electron chi connectivity index (χ3n) is 5.53. The van der Waals surface area contributed by atoms with Crippen molar-refractivity contribution in [1.29, 1.82) is 0 Å². The highest BCUT2D eigenvalue weighted by molar-refractivity contribution is 6.39. The third-order valence-corrected chi connectivity index (χ3v) is 6.14. The van der Waals surface area contributed by atoms with Crippen LogP contribution in [0.2, 0.25) is 10.0 Å². The second-order valence-electron chi connectivity index (χ2n) is 7.74. The summed E-state index contributed by atoms with van der Waals surface area (Å²) in [4.78, 5) is 39.5. The highest BCUT2D eigenvalue weighted by Crippen LogP contribution is 2.30. The summed E-state index contributed by atoms with van der Waals surface area (Å²) in [6, 6.07) is 16.6. The Morgan fingerprint density at radius 1 is 0.971 bits per heavy atom. The first-order valence-electron chi connectivity index (χ1n) is 10.4. The summed E-state index contributed by atoms with van der Waals surface area (Å²) >= 11 is 12.4. The van der Waals surface area contributed by atoms with Gasteiger partial charge in [0.05, 0.1) is 5.69 Å². The molecule has 0 spiro atoms. The molecule has 1 aliphatic rings. The van der Waals surface area contributed by atoms with E-state index in [1.807, 2.05) is 38.1 Å². The molecule has 1 aliphatic heterocycles. The number of aryl methyl sites for hydroxylation is 1. The summed E-state index contributed by atoms with van der Waals surface area (Å²) in [6.07, 6.45) is 1.37. The molecule has 34 heavy (non-hydrogen) atoms. The molecule has 0 saturated carbocycles. The predicted molar refractivity (Wildman–Crippen MR) is 132 cm³/mol. The van der Waals surface area contributed by atoms with Gasteiger partial charge in [-0.1, -0.05) is 53.5 Å². The van der Waals surface area contributed by atoms with Crippen molar-refractivity contribution in [2.24, 2.45) is 0 Å². The molecule has 1 N–H and O–H groups in total. The Morgan fingerprint density at radius 2 is 1.74 bits per heavy atom. The van der Waals surface area contributed by atoms with Crippen molar-refractivity contribution in [1.82, 2.24) is 5.32 Å². The van der Waals surface area contributed by atoms with Crippen LogP contribution in [0, 0.1) is 13.8 Å². The molecule has 0 aromatic heterocycles. The fourth-order valence-electron chi connectivity index (χ4n) is 3.54. The van der Waals surface area contributed by atoms with E-state index in [0.717, 1.165) is 21.6 Å². The van der Waals surface area contributed by atoms with Crippen molar-refractivity contribution < 1.29 is 19.1 Å². The number of nitrogens with one attached hydrogen (secondary N) is 1. The number of ether oxygens (including phenoxy) is 1. The standard InChI is InChI=1S/C26H20Cl2N2O4/c1-15-6-5-9-22(16(15)2)30-25(32)20(24(31)29-26(30)33)13-18-12-19(27)10-11-23(18)34-14-17-7-3-4-8-21(17)28/h3-13H,14H2,1-2H3,(H,29,31,33)/b20-13+. The Balaban J connectivity index is 1.71. The van der Waals surface area contributed by atoms with Crippen LogP contribution < -0.4 is 15.0 Å². The maximum atomic E-state index is 13.3. The number of anilines is 1. The summed E-state index contributed by atoms with van der Waals surface area (Å²) in [5.41, 5.74) is 3.04. The van der Waals surface area contributed by atoms with Gasteiger partial charge in [-0.15, -0.1) is 0 Å². The summed E-state index contributed by atoms with van der Waals surface area (Å²) in [7, 11) is 0. The van der Waals surface area contributed by atoms with E-state index in [9.17, 15) is 14.4 Å². The number of imide groups is 2. The molecule has 0 atom stereocenters. The number of carbonyl (C=O) groups is 3. The van der Waals surface area contributed by atoms with Gasteiger partial charge in [-0.2, -0.15) is 0 Å². The maximum Gasteiger partial charge on any atom is 0.335 e. The first-order valence-corrected chi connectivity index (χ1v) is 11.2. The van der Waals surface area contributed by atoms with Gasteiger partial charge in [0.25, 0.3) is 11.8 Å². The van der Waals surface area contributed by atoms with Crippen molar-refractivity contribution in [3.63, 3.8) is 0 Å². The lowest BCUT2D eigenvalue weighted by atomic mass is 10.0. The molecule has 0 radical (unpaired) electrons. The Hall–Kier alpha value is -3.61. The summed E-state index contributed by atoms with van der Waals surface area (Å²) < 4.78 is 5.93. The SMILES string of the molecule is Cc1cccc(N2C(=O)NC(=O)/C(=C\c3cc(Cl)ccc3OCc3ccccc3Cl)C2=O)c1C. The van der Waals surface area contributed by atoms with Gasteiger partial charge in [-0.05, 0) is 61.4 Å². The van der Waals surface area contributed by atoms with Gasteiger partial charge < -0.3 is 4.74 Å². The van der Waals surface area contributed by atoms with Crippen LogP contribution in [-0.4, -0.2) is 17.8 Å². The molecule has 4 amide bonds. The van der Waals surface area contributed by atoms with Crippen LogP contribution >= 0.6 is 23.2 Å². The van der Waals surface area contributed by atoms with Crippen LogP contribution in [0.4, 0.5) is 10.5 Å². The second kappa shape index (κ2) is 9.71. The number of hydrogen-bond acceptors (Lipinski definition) is 4. The lowest BCUT2D eigenvalue weighted by Gasteiger charge is -2.28. The number of barbiturate groups is 1. The molecule has 4 rings (SSSR count). The minimum Gasteiger partial charge on any atom is -0.488 e. The Morgan fingerprint density at radius 3 is 2.50 bits per heavy atom. The largest absolute Gasteiger partial charge is 0.488 e. The van der Waals surface area contributed by atoms with Crippen LogP contribution in [0.25, 0.3) is 6.08 Å². The van der Waals surface area contributed by atoms with Crippen LogP contribution in [0.15, 0.2) is 66.2 Å². The first kappa shape index (κ1) is 23.5. The smallest absolute Gasteiger partial charge is 0.335 e. The van der Waals surface area contributed by atoms with Crippen molar-refractivity contribution in [3.05, 3.63) is 98.5 Å². The maximum absolute atomic E-state index is 13.3. The number of urea groups is 1. The zero-order valence-electron chi connectivity index (χ0n) is 18.4. The molecule has 1 heterocycles. The number of carbonyl (C=O) groups excluding carboxylic acids is 3. The Bertz CT molecular complexity index is 1350. The highest BCUT2D eigenvalue weighted by atomic mass is 35.5. The number of benzene rings is 3. The van der Waals surface area contributed by atoms with Crippen molar-refractivity contribution in [2.75, 3.05) is 4.90 Å². The lowest BCUT2D eigenvalue weighted by Crippen LogP contribution is -2.54. The summed E-state index contributed by atoms with van der Waals surface area (Å²) in [5.74, 6) is -1.14. The third kappa shape index (κ3) is 4.69. The molecule has 0 unspecified atom stereocenters. The minimum absolute atomic E-state index is 0.171. The fourth-order valence-corrected chi connectivity index (χ4v) is 3.91. The van der Waals surface area contributed by atoms with E-state index in [1.165, 1.54) is 6.08 Å². The molecule has 0 bridgehead atoms. The fraction of sp³-hybridized carbons (Fsp3) is 0.115. The normalized spacial score (nSPS) is 15.0. The molecule has 3 aromatic rings. The quantitative estimate of drug-likeness (QED) is 0.356. The summed E-state index contributed by atoms with van der Waals surface area (Å²) in [6.45, 7) is 3.86. The summed E-state index contributed by atoms with van der Waals surface area (Å²) in [5, 5.41) is 3.19. The number of halogens is 2. The van der Waals surface area contributed by atoms with Gasteiger partial charge in [0, 0.05) is 21.2 Å². The molecule has 172 valence electrons. The van der Waals surface area contributed by atoms with Crippen molar-refractivity contribution in [2.45, 2.75) is 20.5 Å². The molecule has 3 aromatic carbocycles. The van der Waals surface area contributed by atoms with E-state index in [-0.39, 0.29) is 12.2 Å². The predicted octanol–water partition coefficient (Wildman–Crippen LogP) is 5.86. The van der Waals surface area contributed by atoms with E-state index < -0.39 is 17.8 Å². The molecule has 6 nitrogen and oxygen atoms in total. The van der Waals surface area contributed by atoms with E-state index in [2.05, 4.69) is 5.32 Å². The average Bonchev–Trinajstić information content (AvgIpc) is 2.79. The van der Waals surface area contributed by atoms with Crippen molar-refractivity contribution >= 4 is 52.8 Å². The number of amides is 4. The molecular formula is C26H20Cl2N2O4. The van der Waals surface area contributed by atoms with E-state index in [4.69, 9.17) is 27.9 Å². The zero-order chi connectivity index (χ0) is 24.4. The highest BCUT2D eigenvalue weighted by Gasteiger charge is 2.37. The van der Waals surface area contributed by atoms with E-state index >= 15 is 0 Å². The van der Waals surface area contributed by atoms with Crippen LogP contribution in [-0.2, 0) is 16.2 Å². The Kier molecular flexibility index (Phi) is 6.72. The monoisotopic (exact) mass is 494 g/mol. The van der Waals surface area contributed by atoms with Gasteiger partial charge in [-0.25, -0.2) is 9.69 Å². The molecule has 0 aliphatic carbocycles. The van der Waals surface area contributed by atoms with Crippen LogP contribution in [0.5, 0.6) is 5.75 Å². The van der Waals surface area contributed by atoms with Crippen LogP contribution in [0.3, 0.4) is 0 Å². The van der Waals surface area contributed by atoms with Crippen LogP contribution in [0.1, 0.15) is 22.3 Å². The van der Waals surface area contributed by atoms with Gasteiger partial charge in [-0.3, -0.25) is 14.9 Å². The van der Waals surface area contributed by atoms with Gasteiger partial charge in [0.1, 0.15) is 17.9 Å². The Labute approximate surface area is 206 Å². The number of hydrogen-bond donors (Lipinski definition) is 1. The zero-order valence-corrected chi connectivity index (χ0v) is 19.9. The van der Waals surface area contributed by atoms with E-state index in [0.29, 0.717) is 27.0 Å². The van der Waals surface area contributed by atoms with E-state index in [1.54, 1.807) is 36.4 Å². The second-order valence-corrected chi connectivity index (χ2v) is 8.58. The molecular weight excluding hydrogens is 475 g/mol. The lowest BCUT2D eigenvalue weighted by molar-refractivity contribution is -0.122. The van der Waals surface area contributed by atoms with Gasteiger partial charge >= 0.3 is 6.03 Å². The molecule has 8 heteroatoms. The molecule has 1 saturated heterocycles. The van der Waals surface area contributed by atoms with Crippen molar-refractivity contribution in [3.8, 4) is 5.75 Å². The minimum atomic E-state index is -0.804. The number of rotatable bonds is 5. The molecule has 1 fully saturated rings. The average molecular weight is 495 g/mol. The topological polar surface area (TPSA) is 75.7 Å². The van der Waals surface area contributed by atoms with Gasteiger partial charge in [0.15, 0.2) is 0 Å².